The lowest BCUT2D eigenvalue weighted by Crippen LogP contribution is -2.64. The third-order valence-electron chi connectivity index (χ3n) is 8.51. The second-order valence-electron chi connectivity index (χ2n) is 12.9. The molecule has 0 radical (unpaired) electrons. The molecule has 0 aliphatic rings. The molecule has 0 aliphatic heterocycles. The molecule has 0 bridgehead atoms. The number of aliphatic hydroxyl groups excluding tert-OH is 1. The number of aromatic nitrogens is 2. The topological polar surface area (TPSA) is 191 Å². The van der Waals surface area contributed by atoms with Gasteiger partial charge in [0.25, 0.3) is 0 Å². The quantitative estimate of drug-likeness (QED) is 0.143. The van der Waals surface area contributed by atoms with Crippen LogP contribution < -0.4 is 11.5 Å². The highest BCUT2D eigenvalue weighted by atomic mass is 32.1. The zero-order chi connectivity index (χ0) is 37.8. The van der Waals surface area contributed by atoms with E-state index in [1.54, 1.807) is 112 Å². The SMILES string of the molecule is CC(C)[C@H](N)C(=O)N(C(=O)OCc1nccs1)C(Cc1ccccc1)C(O)C(Cc1ccccc1)N(C(=O)OCc1nccs1)C(=O)[C@@H](N)C(C)C. The molecule has 4 aromatic rings. The third-order valence-corrected chi connectivity index (χ3v) is 10.0. The standard InChI is InChI=1S/C37H46N6O7S2/c1-23(2)31(38)34(45)42(36(47)49-21-29-40-15-17-51-29)27(19-25-11-7-5-8-12-25)33(44)28(20-26-13-9-6-10-14-26)43(35(46)32(39)24(3)4)37(48)50-22-30-41-16-18-52-30/h5-18,23-24,27-28,31-33,44H,19-22,38-39H2,1-4H3/t27?,28?,31-,32-,33?/m0/s1. The van der Waals surface area contributed by atoms with Gasteiger partial charge in [0.15, 0.2) is 0 Å². The highest BCUT2D eigenvalue weighted by Crippen LogP contribution is 2.26. The fraction of sp³-hybridized carbons (Fsp3) is 0.405. The number of hydrogen-bond donors (Lipinski definition) is 3. The highest BCUT2D eigenvalue weighted by Gasteiger charge is 2.46. The van der Waals surface area contributed by atoms with Gasteiger partial charge in [0.05, 0.1) is 30.3 Å². The zero-order valence-corrected chi connectivity index (χ0v) is 31.2. The highest BCUT2D eigenvalue weighted by molar-refractivity contribution is 7.09. The normalized spacial score (nSPS) is 14.2. The van der Waals surface area contributed by atoms with Crippen LogP contribution in [-0.2, 0) is 45.1 Å². The molecule has 2 aromatic heterocycles. The number of nitrogens with two attached hydrogens (primary N) is 2. The predicted molar refractivity (Wildman–Crippen MR) is 198 cm³/mol. The Morgan fingerprint density at radius 2 is 1.04 bits per heavy atom. The minimum atomic E-state index is -1.76. The largest absolute Gasteiger partial charge is 0.442 e. The first-order valence-corrected chi connectivity index (χ1v) is 18.7. The van der Waals surface area contributed by atoms with Gasteiger partial charge in [-0.2, -0.15) is 0 Å². The van der Waals surface area contributed by atoms with Crippen molar-refractivity contribution in [3.05, 3.63) is 105 Å². The first-order chi connectivity index (χ1) is 24.9. The van der Waals surface area contributed by atoms with Crippen molar-refractivity contribution in [3.63, 3.8) is 0 Å². The summed E-state index contributed by atoms with van der Waals surface area (Å²) in [5.41, 5.74) is 14.1. The van der Waals surface area contributed by atoms with Gasteiger partial charge in [0.2, 0.25) is 11.8 Å². The average molecular weight is 751 g/mol. The number of hydrogen-bond acceptors (Lipinski definition) is 13. The van der Waals surface area contributed by atoms with E-state index in [-0.39, 0.29) is 26.1 Å². The predicted octanol–water partition coefficient (Wildman–Crippen LogP) is 4.78. The zero-order valence-electron chi connectivity index (χ0n) is 29.6. The molecule has 0 aliphatic carbocycles. The average Bonchev–Trinajstić information content (AvgIpc) is 3.87. The fourth-order valence-corrected chi connectivity index (χ4v) is 6.46. The number of aliphatic hydroxyl groups is 1. The maximum atomic E-state index is 14.3. The molecule has 4 atom stereocenters. The summed E-state index contributed by atoms with van der Waals surface area (Å²) in [7, 11) is 0. The van der Waals surface area contributed by atoms with Crippen molar-refractivity contribution in [2.45, 2.75) is 84.0 Å². The van der Waals surface area contributed by atoms with Gasteiger partial charge >= 0.3 is 12.2 Å². The van der Waals surface area contributed by atoms with Crippen molar-refractivity contribution in [1.29, 1.82) is 0 Å². The summed E-state index contributed by atoms with van der Waals surface area (Å²) in [5.74, 6) is -2.42. The molecule has 0 spiro atoms. The van der Waals surface area contributed by atoms with Gasteiger partial charge in [-0.3, -0.25) is 9.59 Å². The lowest BCUT2D eigenvalue weighted by Gasteiger charge is -2.41. The first kappa shape index (κ1) is 40.2. The first-order valence-electron chi connectivity index (χ1n) is 16.9. The van der Waals surface area contributed by atoms with Crippen LogP contribution in [0.15, 0.2) is 83.8 Å². The Morgan fingerprint density at radius 3 is 1.35 bits per heavy atom. The number of carbonyl (C=O) groups excluding carboxylic acids is 4. The van der Waals surface area contributed by atoms with Gasteiger partial charge in [-0.1, -0.05) is 88.4 Å². The van der Waals surface area contributed by atoms with Crippen LogP contribution in [0.25, 0.3) is 0 Å². The van der Waals surface area contributed by atoms with Crippen LogP contribution in [0.2, 0.25) is 0 Å². The summed E-state index contributed by atoms with van der Waals surface area (Å²) >= 11 is 2.52. The van der Waals surface area contributed by atoms with E-state index in [1.165, 1.54) is 22.7 Å². The second kappa shape index (κ2) is 19.3. The molecule has 4 rings (SSSR count). The molecule has 278 valence electrons. The van der Waals surface area contributed by atoms with Crippen LogP contribution >= 0.6 is 22.7 Å². The minimum Gasteiger partial charge on any atom is -0.442 e. The van der Waals surface area contributed by atoms with Gasteiger partial charge in [-0.25, -0.2) is 29.4 Å². The number of rotatable bonds is 16. The number of amides is 4. The summed E-state index contributed by atoms with van der Waals surface area (Å²) in [4.78, 5) is 66.6. The van der Waals surface area contributed by atoms with Crippen molar-refractivity contribution in [1.82, 2.24) is 19.8 Å². The van der Waals surface area contributed by atoms with Gasteiger partial charge in [-0.15, -0.1) is 22.7 Å². The monoisotopic (exact) mass is 750 g/mol. The van der Waals surface area contributed by atoms with Crippen molar-refractivity contribution < 1.29 is 33.8 Å². The molecule has 0 saturated heterocycles. The van der Waals surface area contributed by atoms with Crippen LogP contribution in [0.4, 0.5) is 9.59 Å². The number of nitrogens with zero attached hydrogens (tertiary/aromatic N) is 4. The smallest absolute Gasteiger partial charge is 0.417 e. The van der Waals surface area contributed by atoms with Gasteiger partial charge in [0, 0.05) is 23.2 Å². The molecule has 2 unspecified atom stereocenters. The van der Waals surface area contributed by atoms with Crippen molar-refractivity contribution in [2.24, 2.45) is 23.3 Å². The van der Waals surface area contributed by atoms with Crippen molar-refractivity contribution in [2.75, 3.05) is 0 Å². The molecule has 5 N–H and O–H groups in total. The molecule has 52 heavy (non-hydrogen) atoms. The molecule has 2 aromatic carbocycles. The van der Waals surface area contributed by atoms with E-state index >= 15 is 0 Å². The van der Waals surface area contributed by atoms with E-state index < -0.39 is 66.1 Å². The van der Waals surface area contributed by atoms with Gasteiger partial charge in [0.1, 0.15) is 23.2 Å². The van der Waals surface area contributed by atoms with E-state index in [9.17, 15) is 24.3 Å². The van der Waals surface area contributed by atoms with Crippen LogP contribution in [-0.4, -0.2) is 79.1 Å². The molecule has 0 fully saturated rings. The lowest BCUT2D eigenvalue weighted by atomic mass is 9.89. The summed E-state index contributed by atoms with van der Waals surface area (Å²) in [5, 5.41) is 17.1. The molecular formula is C37H46N6O7S2. The van der Waals surface area contributed by atoms with E-state index in [4.69, 9.17) is 20.9 Å². The number of carbonyl (C=O) groups is 4. The van der Waals surface area contributed by atoms with Crippen LogP contribution in [0.5, 0.6) is 0 Å². The maximum absolute atomic E-state index is 14.3. The Bertz CT molecular complexity index is 1580. The van der Waals surface area contributed by atoms with E-state index in [0.717, 1.165) is 9.80 Å². The summed E-state index contributed by atoms with van der Waals surface area (Å²) < 4.78 is 11.2. The molecule has 15 heteroatoms. The molecule has 4 amide bonds. The summed E-state index contributed by atoms with van der Waals surface area (Å²) in [6.45, 7) is 6.44. The third kappa shape index (κ3) is 10.7. The molecule has 0 saturated carbocycles. The molecule has 2 heterocycles. The number of imide groups is 2. The number of ether oxygens (including phenoxy) is 2. The van der Waals surface area contributed by atoms with Crippen molar-refractivity contribution >= 4 is 46.7 Å². The van der Waals surface area contributed by atoms with Gasteiger partial charge < -0.3 is 26.0 Å². The number of thiazole rings is 2. The Balaban J connectivity index is 1.87. The number of benzene rings is 2. The second-order valence-corrected chi connectivity index (χ2v) is 14.9. The summed E-state index contributed by atoms with van der Waals surface area (Å²) in [6, 6.07) is 12.7. The Hall–Kier alpha value is -4.54. The van der Waals surface area contributed by atoms with E-state index in [1.807, 2.05) is 0 Å². The van der Waals surface area contributed by atoms with Crippen LogP contribution in [0, 0.1) is 11.8 Å². The fourth-order valence-electron chi connectivity index (χ4n) is 5.40. The lowest BCUT2D eigenvalue weighted by molar-refractivity contribution is -0.141. The molecular weight excluding hydrogens is 705 g/mol. The van der Waals surface area contributed by atoms with Crippen LogP contribution in [0.1, 0.15) is 48.8 Å². The summed E-state index contributed by atoms with van der Waals surface area (Å²) in [6.07, 6.45) is -0.946. The van der Waals surface area contributed by atoms with E-state index in [2.05, 4.69) is 9.97 Å². The minimum absolute atomic E-state index is 0.0807. The van der Waals surface area contributed by atoms with Crippen molar-refractivity contribution in [3.8, 4) is 0 Å². The molecule has 13 nitrogen and oxygen atoms in total. The Kier molecular flexibility index (Phi) is 15.0. The van der Waals surface area contributed by atoms with E-state index in [0.29, 0.717) is 21.1 Å². The Morgan fingerprint density at radius 1 is 0.673 bits per heavy atom. The van der Waals surface area contributed by atoms with Crippen LogP contribution in [0.3, 0.4) is 0 Å². The Labute approximate surface area is 311 Å². The van der Waals surface area contributed by atoms with Gasteiger partial charge in [-0.05, 0) is 35.8 Å². The maximum Gasteiger partial charge on any atom is 0.417 e.